The predicted octanol–water partition coefficient (Wildman–Crippen LogP) is 2.76. The first-order valence-electron chi connectivity index (χ1n) is 6.98. The number of ether oxygens (including phenoxy) is 1. The zero-order chi connectivity index (χ0) is 15.6. The molecule has 0 bridgehead atoms. The van der Waals surface area contributed by atoms with Gasteiger partial charge in [0.2, 0.25) is 0 Å². The first-order valence-corrected chi connectivity index (χ1v) is 6.98. The molecule has 1 amide bonds. The normalized spacial score (nSPS) is 18.1. The molecular weight excluding hydrogens is 314 g/mol. The van der Waals surface area contributed by atoms with Crippen molar-refractivity contribution in [1.29, 1.82) is 0 Å². The van der Waals surface area contributed by atoms with Gasteiger partial charge in [0, 0.05) is 31.2 Å². The van der Waals surface area contributed by atoms with Crippen LogP contribution in [0, 0.1) is 13.8 Å². The third-order valence-electron chi connectivity index (χ3n) is 3.68. The highest BCUT2D eigenvalue weighted by Crippen LogP contribution is 2.27. The second-order valence-electron chi connectivity index (χ2n) is 5.37. The quantitative estimate of drug-likeness (QED) is 0.924. The molecule has 22 heavy (non-hydrogen) atoms. The average Bonchev–Trinajstić information content (AvgIpc) is 2.42. The minimum atomic E-state index is -2.86. The van der Waals surface area contributed by atoms with Gasteiger partial charge in [0.15, 0.2) is 0 Å². The van der Waals surface area contributed by atoms with Gasteiger partial charge in [-0.3, -0.25) is 4.79 Å². The molecule has 0 aliphatic carbocycles. The van der Waals surface area contributed by atoms with E-state index in [1.165, 1.54) is 0 Å². The Balaban J connectivity index is 0.00000242. The summed E-state index contributed by atoms with van der Waals surface area (Å²) in [6.45, 7) is 4.63. The largest absolute Gasteiger partial charge is 0.434 e. The van der Waals surface area contributed by atoms with Gasteiger partial charge in [0.05, 0.1) is 0 Å². The van der Waals surface area contributed by atoms with Crippen LogP contribution in [-0.2, 0) is 0 Å². The molecule has 1 fully saturated rings. The fourth-order valence-electron chi connectivity index (χ4n) is 2.66. The van der Waals surface area contributed by atoms with Gasteiger partial charge < -0.3 is 15.0 Å². The van der Waals surface area contributed by atoms with Crippen LogP contribution < -0.4 is 10.1 Å². The SMILES string of the molecule is Cc1cc(C(=O)N2CCNC[C@H]2C)cc(C)c1OC(F)F.Cl. The Morgan fingerprint density at radius 3 is 2.45 bits per heavy atom. The van der Waals surface area contributed by atoms with Gasteiger partial charge in [0.1, 0.15) is 5.75 Å². The molecular formula is C15H21ClF2N2O2. The van der Waals surface area contributed by atoms with Crippen molar-refractivity contribution >= 4 is 18.3 Å². The first-order chi connectivity index (χ1) is 9.90. The molecule has 0 radical (unpaired) electrons. The minimum absolute atomic E-state index is 0. The Morgan fingerprint density at radius 2 is 1.95 bits per heavy atom. The van der Waals surface area contributed by atoms with E-state index < -0.39 is 6.61 Å². The molecule has 1 aromatic rings. The first kappa shape index (κ1) is 18.6. The molecule has 2 rings (SSSR count). The number of piperazine rings is 1. The highest BCUT2D eigenvalue weighted by atomic mass is 35.5. The van der Waals surface area contributed by atoms with Crippen molar-refractivity contribution in [2.24, 2.45) is 0 Å². The van der Waals surface area contributed by atoms with Crippen molar-refractivity contribution in [3.63, 3.8) is 0 Å². The molecule has 1 aliphatic heterocycles. The number of nitrogens with one attached hydrogen (secondary N) is 1. The molecule has 4 nitrogen and oxygen atoms in total. The number of halogens is 3. The van der Waals surface area contributed by atoms with E-state index in [0.29, 0.717) is 23.2 Å². The van der Waals surface area contributed by atoms with E-state index in [2.05, 4.69) is 10.1 Å². The lowest BCUT2D eigenvalue weighted by atomic mass is 10.0. The van der Waals surface area contributed by atoms with Crippen LogP contribution in [0.2, 0.25) is 0 Å². The van der Waals surface area contributed by atoms with Crippen LogP contribution in [0.4, 0.5) is 8.78 Å². The summed E-state index contributed by atoms with van der Waals surface area (Å²) in [4.78, 5) is 14.4. The van der Waals surface area contributed by atoms with Crippen LogP contribution in [0.15, 0.2) is 12.1 Å². The number of carbonyl (C=O) groups excluding carboxylic acids is 1. The van der Waals surface area contributed by atoms with E-state index in [1.54, 1.807) is 30.9 Å². The van der Waals surface area contributed by atoms with E-state index in [-0.39, 0.29) is 30.1 Å². The summed E-state index contributed by atoms with van der Waals surface area (Å²) >= 11 is 0. The minimum Gasteiger partial charge on any atom is -0.434 e. The number of aryl methyl sites for hydroxylation is 2. The van der Waals surface area contributed by atoms with Crippen LogP contribution in [0.5, 0.6) is 5.75 Å². The summed E-state index contributed by atoms with van der Waals surface area (Å²) in [5.41, 5.74) is 1.60. The maximum atomic E-state index is 12.6. The summed E-state index contributed by atoms with van der Waals surface area (Å²) in [6, 6.07) is 3.34. The molecule has 7 heteroatoms. The second-order valence-corrected chi connectivity index (χ2v) is 5.37. The standard InChI is InChI=1S/C15H20F2N2O2.ClH/c1-9-6-12(7-10(2)13(9)21-15(16)17)14(20)19-5-4-18-8-11(19)3;/h6-7,11,15,18H,4-5,8H2,1-3H3;1H/t11-;/m1./s1. The van der Waals surface area contributed by atoms with Crippen LogP contribution in [0.3, 0.4) is 0 Å². The van der Waals surface area contributed by atoms with Crippen molar-refractivity contribution < 1.29 is 18.3 Å². The highest BCUT2D eigenvalue weighted by molar-refractivity contribution is 5.95. The Bertz CT molecular complexity index is 517. The van der Waals surface area contributed by atoms with E-state index in [9.17, 15) is 13.6 Å². The molecule has 0 spiro atoms. The van der Waals surface area contributed by atoms with Crippen molar-refractivity contribution in [1.82, 2.24) is 10.2 Å². The van der Waals surface area contributed by atoms with Gasteiger partial charge in [-0.1, -0.05) is 0 Å². The molecule has 1 saturated heterocycles. The molecule has 1 aliphatic rings. The lowest BCUT2D eigenvalue weighted by molar-refractivity contribution is -0.0507. The zero-order valence-electron chi connectivity index (χ0n) is 12.9. The smallest absolute Gasteiger partial charge is 0.387 e. The maximum Gasteiger partial charge on any atom is 0.387 e. The van der Waals surface area contributed by atoms with Gasteiger partial charge in [0.25, 0.3) is 5.91 Å². The summed E-state index contributed by atoms with van der Waals surface area (Å²) in [5.74, 6) is 0.0775. The third kappa shape index (κ3) is 4.08. The summed E-state index contributed by atoms with van der Waals surface area (Å²) in [5, 5.41) is 3.23. The van der Waals surface area contributed by atoms with E-state index in [1.807, 2.05) is 6.92 Å². The van der Waals surface area contributed by atoms with Crippen molar-refractivity contribution in [3.05, 3.63) is 28.8 Å². The number of benzene rings is 1. The average molecular weight is 335 g/mol. The third-order valence-corrected chi connectivity index (χ3v) is 3.68. The maximum absolute atomic E-state index is 12.6. The van der Waals surface area contributed by atoms with Crippen LogP contribution >= 0.6 is 12.4 Å². The molecule has 1 N–H and O–H groups in total. The molecule has 1 aromatic carbocycles. The summed E-state index contributed by atoms with van der Waals surface area (Å²) < 4.78 is 29.3. The van der Waals surface area contributed by atoms with Crippen LogP contribution in [0.1, 0.15) is 28.4 Å². The second kappa shape index (κ2) is 7.74. The number of hydrogen-bond donors (Lipinski definition) is 1. The number of amides is 1. The number of carbonyl (C=O) groups is 1. The van der Waals surface area contributed by atoms with Gasteiger partial charge in [-0.15, -0.1) is 12.4 Å². The van der Waals surface area contributed by atoms with Gasteiger partial charge in [-0.2, -0.15) is 8.78 Å². The van der Waals surface area contributed by atoms with Crippen LogP contribution in [-0.4, -0.2) is 43.1 Å². The zero-order valence-corrected chi connectivity index (χ0v) is 13.7. The van der Waals surface area contributed by atoms with Crippen LogP contribution in [0.25, 0.3) is 0 Å². The van der Waals surface area contributed by atoms with Crippen molar-refractivity contribution in [2.45, 2.75) is 33.4 Å². The lowest BCUT2D eigenvalue weighted by Gasteiger charge is -2.34. The van der Waals surface area contributed by atoms with Crippen molar-refractivity contribution in [2.75, 3.05) is 19.6 Å². The molecule has 124 valence electrons. The molecule has 0 aromatic heterocycles. The Morgan fingerprint density at radius 1 is 1.36 bits per heavy atom. The lowest BCUT2D eigenvalue weighted by Crippen LogP contribution is -2.52. The van der Waals surface area contributed by atoms with Gasteiger partial charge in [-0.25, -0.2) is 0 Å². The van der Waals surface area contributed by atoms with E-state index in [0.717, 1.165) is 13.1 Å². The molecule has 1 atom stereocenters. The molecule has 0 saturated carbocycles. The monoisotopic (exact) mass is 334 g/mol. The van der Waals surface area contributed by atoms with Crippen molar-refractivity contribution in [3.8, 4) is 5.75 Å². The highest BCUT2D eigenvalue weighted by Gasteiger charge is 2.25. The number of rotatable bonds is 3. The Hall–Kier alpha value is -1.40. The summed E-state index contributed by atoms with van der Waals surface area (Å²) in [7, 11) is 0. The fraction of sp³-hybridized carbons (Fsp3) is 0.533. The fourth-order valence-corrected chi connectivity index (χ4v) is 2.66. The number of hydrogen-bond acceptors (Lipinski definition) is 3. The van der Waals surface area contributed by atoms with Gasteiger partial charge in [-0.05, 0) is 44.0 Å². The Labute approximate surface area is 135 Å². The van der Waals surface area contributed by atoms with Gasteiger partial charge >= 0.3 is 6.61 Å². The predicted molar refractivity (Wildman–Crippen MR) is 83.2 cm³/mol. The molecule has 0 unspecified atom stereocenters. The topological polar surface area (TPSA) is 41.6 Å². The molecule has 1 heterocycles. The number of nitrogens with zero attached hydrogens (tertiary/aromatic N) is 1. The Kier molecular flexibility index (Phi) is 6.56. The summed E-state index contributed by atoms with van der Waals surface area (Å²) in [6.07, 6.45) is 0. The number of alkyl halides is 2. The van der Waals surface area contributed by atoms with E-state index in [4.69, 9.17) is 0 Å². The van der Waals surface area contributed by atoms with E-state index >= 15 is 0 Å².